The number of nitrogens with two attached hydrogens (primary N) is 1. The first-order valence-electron chi connectivity index (χ1n) is 6.72. The Morgan fingerprint density at radius 2 is 2.00 bits per heavy atom. The first kappa shape index (κ1) is 12.8. The number of ether oxygens (including phenoxy) is 1. The number of carbonyl (C=O) groups is 1. The molecule has 98 valence electrons. The molecule has 4 nitrogen and oxygen atoms in total. The number of carbonyl (C=O) groups excluding carboxylic acids is 1. The zero-order chi connectivity index (χ0) is 12.5. The number of hydrogen-bond donors (Lipinski definition) is 1. The average Bonchev–Trinajstić information content (AvgIpc) is 2.75. The predicted molar refractivity (Wildman–Crippen MR) is 66.5 cm³/mol. The zero-order valence-corrected chi connectivity index (χ0v) is 10.9. The molecule has 17 heavy (non-hydrogen) atoms. The van der Waals surface area contributed by atoms with Gasteiger partial charge < -0.3 is 15.4 Å². The third-order valence-corrected chi connectivity index (χ3v) is 4.08. The minimum atomic E-state index is -0.369. The van der Waals surface area contributed by atoms with Gasteiger partial charge in [-0.25, -0.2) is 0 Å². The molecule has 1 saturated heterocycles. The maximum absolute atomic E-state index is 12.2. The van der Waals surface area contributed by atoms with Crippen LogP contribution in [-0.4, -0.2) is 42.1 Å². The maximum Gasteiger partial charge on any atom is 0.239 e. The van der Waals surface area contributed by atoms with Crippen molar-refractivity contribution in [3.8, 4) is 0 Å². The third kappa shape index (κ3) is 2.63. The molecule has 0 aromatic heterocycles. The van der Waals surface area contributed by atoms with Crippen LogP contribution < -0.4 is 5.73 Å². The van der Waals surface area contributed by atoms with E-state index in [1.54, 1.807) is 0 Å². The summed E-state index contributed by atoms with van der Waals surface area (Å²) >= 11 is 0. The average molecular weight is 240 g/mol. The monoisotopic (exact) mass is 240 g/mol. The van der Waals surface area contributed by atoms with Gasteiger partial charge in [-0.15, -0.1) is 0 Å². The van der Waals surface area contributed by atoms with E-state index in [0.29, 0.717) is 13.2 Å². The van der Waals surface area contributed by atoms with E-state index in [0.717, 1.165) is 19.4 Å². The molecule has 0 aromatic carbocycles. The Kier molecular flexibility index (Phi) is 3.73. The molecule has 1 aliphatic heterocycles. The molecule has 1 atom stereocenters. The lowest BCUT2D eigenvalue weighted by Crippen LogP contribution is -2.56. The van der Waals surface area contributed by atoms with Crippen LogP contribution in [-0.2, 0) is 9.53 Å². The molecule has 2 aliphatic rings. The van der Waals surface area contributed by atoms with E-state index < -0.39 is 0 Å². The fourth-order valence-electron chi connectivity index (χ4n) is 2.85. The van der Waals surface area contributed by atoms with Gasteiger partial charge in [-0.05, 0) is 18.8 Å². The number of rotatable bonds is 2. The smallest absolute Gasteiger partial charge is 0.239 e. The van der Waals surface area contributed by atoms with E-state index in [-0.39, 0.29) is 23.5 Å². The van der Waals surface area contributed by atoms with E-state index in [1.807, 2.05) is 18.7 Å². The summed E-state index contributed by atoms with van der Waals surface area (Å²) in [5.41, 5.74) is 5.89. The summed E-state index contributed by atoms with van der Waals surface area (Å²) in [4.78, 5) is 14.1. The summed E-state index contributed by atoms with van der Waals surface area (Å²) in [5, 5.41) is 0. The van der Waals surface area contributed by atoms with E-state index in [2.05, 4.69) is 0 Å². The third-order valence-electron chi connectivity index (χ3n) is 4.08. The van der Waals surface area contributed by atoms with Gasteiger partial charge in [0.2, 0.25) is 5.91 Å². The highest BCUT2D eigenvalue weighted by atomic mass is 16.5. The Morgan fingerprint density at radius 1 is 1.35 bits per heavy atom. The number of amides is 1. The second-order valence-electron chi connectivity index (χ2n) is 5.77. The maximum atomic E-state index is 12.2. The SMILES string of the molecule is CC(C)[C@H](N)C(=O)N1CCOC2(CCCC2)C1. The van der Waals surface area contributed by atoms with Crippen molar-refractivity contribution >= 4 is 5.91 Å². The lowest BCUT2D eigenvalue weighted by molar-refractivity contribution is -0.151. The van der Waals surface area contributed by atoms with Crippen molar-refractivity contribution in [1.29, 1.82) is 0 Å². The van der Waals surface area contributed by atoms with Crippen molar-refractivity contribution in [2.75, 3.05) is 19.7 Å². The molecule has 2 rings (SSSR count). The van der Waals surface area contributed by atoms with Crippen LogP contribution in [0.1, 0.15) is 39.5 Å². The Hall–Kier alpha value is -0.610. The predicted octanol–water partition coefficient (Wildman–Crippen LogP) is 1.14. The van der Waals surface area contributed by atoms with Crippen LogP contribution in [0, 0.1) is 5.92 Å². The quantitative estimate of drug-likeness (QED) is 0.787. The zero-order valence-electron chi connectivity index (χ0n) is 10.9. The molecule has 0 aromatic rings. The lowest BCUT2D eigenvalue weighted by Gasteiger charge is -2.41. The van der Waals surface area contributed by atoms with Gasteiger partial charge in [0, 0.05) is 13.1 Å². The van der Waals surface area contributed by atoms with Crippen molar-refractivity contribution in [2.45, 2.75) is 51.2 Å². The van der Waals surface area contributed by atoms with Crippen molar-refractivity contribution in [3.05, 3.63) is 0 Å². The van der Waals surface area contributed by atoms with Crippen LogP contribution in [0.25, 0.3) is 0 Å². The topological polar surface area (TPSA) is 55.6 Å². The van der Waals surface area contributed by atoms with Crippen molar-refractivity contribution < 1.29 is 9.53 Å². The molecule has 1 aliphatic carbocycles. The summed E-state index contributed by atoms with van der Waals surface area (Å²) < 4.78 is 5.91. The minimum absolute atomic E-state index is 0.0510. The van der Waals surface area contributed by atoms with Crippen LogP contribution in [0.15, 0.2) is 0 Å². The van der Waals surface area contributed by atoms with E-state index in [4.69, 9.17) is 10.5 Å². The minimum Gasteiger partial charge on any atom is -0.371 e. The fourth-order valence-corrected chi connectivity index (χ4v) is 2.85. The lowest BCUT2D eigenvalue weighted by atomic mass is 9.97. The molecular formula is C13H24N2O2. The largest absolute Gasteiger partial charge is 0.371 e. The fraction of sp³-hybridized carbons (Fsp3) is 0.923. The van der Waals surface area contributed by atoms with Gasteiger partial charge in [0.25, 0.3) is 0 Å². The molecule has 0 unspecified atom stereocenters. The highest BCUT2D eigenvalue weighted by molar-refractivity contribution is 5.82. The molecule has 2 N–H and O–H groups in total. The Bertz CT molecular complexity index is 285. The standard InChI is InChI=1S/C13H24N2O2/c1-10(2)11(14)12(16)15-7-8-17-13(9-15)5-3-4-6-13/h10-11H,3-9,14H2,1-2H3/t11-/m0/s1. The highest BCUT2D eigenvalue weighted by Crippen LogP contribution is 2.35. The molecule has 1 amide bonds. The Morgan fingerprint density at radius 3 is 2.59 bits per heavy atom. The summed E-state index contributed by atoms with van der Waals surface area (Å²) in [6.07, 6.45) is 4.62. The van der Waals surface area contributed by atoms with Crippen LogP contribution in [0.4, 0.5) is 0 Å². The molecule has 1 spiro atoms. The summed E-state index contributed by atoms with van der Waals surface area (Å²) in [5.74, 6) is 0.291. The van der Waals surface area contributed by atoms with E-state index in [9.17, 15) is 4.79 Å². The van der Waals surface area contributed by atoms with Gasteiger partial charge in [0.1, 0.15) is 0 Å². The Labute approximate surface area is 103 Å². The summed E-state index contributed by atoms with van der Waals surface area (Å²) in [6.45, 7) is 6.09. The molecule has 1 saturated carbocycles. The van der Waals surface area contributed by atoms with E-state index >= 15 is 0 Å². The second kappa shape index (κ2) is 4.94. The van der Waals surface area contributed by atoms with Crippen molar-refractivity contribution in [2.24, 2.45) is 11.7 Å². The second-order valence-corrected chi connectivity index (χ2v) is 5.77. The molecule has 0 bridgehead atoms. The van der Waals surface area contributed by atoms with Gasteiger partial charge in [-0.1, -0.05) is 26.7 Å². The van der Waals surface area contributed by atoms with Gasteiger partial charge in [-0.2, -0.15) is 0 Å². The number of nitrogens with zero attached hydrogens (tertiary/aromatic N) is 1. The van der Waals surface area contributed by atoms with Gasteiger partial charge in [0.05, 0.1) is 18.2 Å². The molecule has 0 radical (unpaired) electrons. The number of morpholine rings is 1. The summed E-state index contributed by atoms with van der Waals surface area (Å²) in [6, 6.07) is -0.369. The molecule has 4 heteroatoms. The first-order valence-corrected chi connectivity index (χ1v) is 6.72. The van der Waals surface area contributed by atoms with Gasteiger partial charge in [-0.3, -0.25) is 4.79 Å². The summed E-state index contributed by atoms with van der Waals surface area (Å²) in [7, 11) is 0. The molecule has 1 heterocycles. The van der Waals surface area contributed by atoms with Gasteiger partial charge >= 0.3 is 0 Å². The van der Waals surface area contributed by atoms with Crippen molar-refractivity contribution in [1.82, 2.24) is 4.90 Å². The Balaban J connectivity index is 1.99. The normalized spacial score (nSPS) is 25.5. The molecule has 2 fully saturated rings. The van der Waals surface area contributed by atoms with Crippen molar-refractivity contribution in [3.63, 3.8) is 0 Å². The first-order chi connectivity index (χ1) is 8.04. The number of hydrogen-bond acceptors (Lipinski definition) is 3. The van der Waals surface area contributed by atoms with Crippen LogP contribution >= 0.6 is 0 Å². The highest BCUT2D eigenvalue weighted by Gasteiger charge is 2.41. The van der Waals surface area contributed by atoms with E-state index in [1.165, 1.54) is 12.8 Å². The van der Waals surface area contributed by atoms with Gasteiger partial charge in [0.15, 0.2) is 0 Å². The van der Waals surface area contributed by atoms with Crippen LogP contribution in [0.3, 0.4) is 0 Å². The molecular weight excluding hydrogens is 216 g/mol. The van der Waals surface area contributed by atoms with Crippen LogP contribution in [0.2, 0.25) is 0 Å². The van der Waals surface area contributed by atoms with Crippen LogP contribution in [0.5, 0.6) is 0 Å².